The Hall–Kier alpha value is -2.93. The maximum absolute atomic E-state index is 12.0. The zero-order valence-corrected chi connectivity index (χ0v) is 18.8. The fourth-order valence-electron chi connectivity index (χ4n) is 3.05. The van der Waals surface area contributed by atoms with Crippen molar-refractivity contribution in [3.63, 3.8) is 0 Å². The number of aliphatic hydroxyl groups is 1. The lowest BCUT2D eigenvalue weighted by Crippen LogP contribution is -2.16. The van der Waals surface area contributed by atoms with E-state index in [4.69, 9.17) is 14.7 Å². The van der Waals surface area contributed by atoms with E-state index in [9.17, 15) is 14.7 Å². The van der Waals surface area contributed by atoms with Gasteiger partial charge in [0, 0.05) is 35.9 Å². The molecule has 1 N–H and O–H groups in total. The summed E-state index contributed by atoms with van der Waals surface area (Å²) in [4.78, 5) is 37.1. The quantitative estimate of drug-likeness (QED) is 0.452. The zero-order valence-electron chi connectivity index (χ0n) is 18.8. The van der Waals surface area contributed by atoms with Crippen LogP contribution in [0.25, 0.3) is 17.3 Å². The largest absolute Gasteiger partial charge is 0.466 e. The number of aliphatic hydroxyl groups excluding tert-OH is 1. The third-order valence-electron chi connectivity index (χ3n) is 4.58. The molecule has 2 aromatic rings. The molecule has 0 amide bonds. The number of rotatable bonds is 10. The molecule has 0 aliphatic heterocycles. The summed E-state index contributed by atoms with van der Waals surface area (Å²) in [7, 11) is 0. The van der Waals surface area contributed by atoms with E-state index < -0.39 is 12.1 Å². The second-order valence-corrected chi connectivity index (χ2v) is 7.93. The van der Waals surface area contributed by atoms with Gasteiger partial charge in [-0.05, 0) is 25.0 Å². The fraction of sp³-hybridized carbons (Fsp3) is 0.458. The Bertz CT molecular complexity index is 924. The minimum absolute atomic E-state index is 0.128. The number of pyridine rings is 1. The molecule has 0 radical (unpaired) electrons. The molecule has 0 aliphatic rings. The molecule has 0 aromatic carbocycles. The number of carbonyl (C=O) groups excluding carboxylic acids is 2. The topological polar surface area (TPSA) is 102 Å². The van der Waals surface area contributed by atoms with Crippen molar-refractivity contribution >= 4 is 17.8 Å². The van der Waals surface area contributed by atoms with Crippen LogP contribution in [0.5, 0.6) is 0 Å². The molecule has 2 rings (SSSR count). The highest BCUT2D eigenvalue weighted by atomic mass is 16.5. The maximum Gasteiger partial charge on any atom is 0.313 e. The molecule has 2 aromatic heterocycles. The number of nitrogens with zero attached hydrogens (tertiary/aromatic N) is 3. The lowest BCUT2D eigenvalue weighted by Gasteiger charge is -2.17. The Kier molecular flexibility index (Phi) is 9.00. The van der Waals surface area contributed by atoms with Gasteiger partial charge in [0.15, 0.2) is 0 Å². The number of ether oxygens (including phenoxy) is 1. The minimum Gasteiger partial charge on any atom is -0.466 e. The lowest BCUT2D eigenvalue weighted by molar-refractivity contribution is -0.145. The molecule has 0 saturated heterocycles. The van der Waals surface area contributed by atoms with Crippen molar-refractivity contribution in [3.8, 4) is 11.3 Å². The van der Waals surface area contributed by atoms with Gasteiger partial charge in [0.2, 0.25) is 0 Å². The maximum atomic E-state index is 12.0. The van der Waals surface area contributed by atoms with Gasteiger partial charge < -0.3 is 9.84 Å². The first-order valence-electron chi connectivity index (χ1n) is 10.6. The molecule has 0 bridgehead atoms. The summed E-state index contributed by atoms with van der Waals surface area (Å²) in [6, 6.07) is 3.76. The summed E-state index contributed by atoms with van der Waals surface area (Å²) in [6.07, 6.45) is 5.18. The van der Waals surface area contributed by atoms with Crippen molar-refractivity contribution in [1.82, 2.24) is 15.0 Å². The van der Waals surface area contributed by atoms with Crippen LogP contribution in [0.15, 0.2) is 30.6 Å². The number of hydrogen-bond acceptors (Lipinski definition) is 7. The van der Waals surface area contributed by atoms with E-state index >= 15 is 0 Å². The van der Waals surface area contributed by atoms with Crippen LogP contribution in [-0.2, 0) is 14.3 Å². The van der Waals surface area contributed by atoms with Gasteiger partial charge in [0.25, 0.3) is 0 Å². The zero-order chi connectivity index (χ0) is 23.0. The van der Waals surface area contributed by atoms with Crippen LogP contribution in [0.2, 0.25) is 0 Å². The van der Waals surface area contributed by atoms with Crippen molar-refractivity contribution in [3.05, 3.63) is 47.7 Å². The second kappa shape index (κ2) is 11.5. The standard InChI is InChI=1S/C24H31N3O4/c1-6-31-21(30)14-19(29)13-18(28)7-8-20-22(15(2)3)26-24(16(4)5)27-23(20)17-9-11-25-12-10-17/h7-12,15-16,18,28H,6,13-14H2,1-5H3/b8-7+. The van der Waals surface area contributed by atoms with Gasteiger partial charge >= 0.3 is 5.97 Å². The summed E-state index contributed by atoms with van der Waals surface area (Å²) < 4.78 is 4.78. The van der Waals surface area contributed by atoms with Crippen LogP contribution in [-0.4, -0.2) is 44.5 Å². The fourth-order valence-corrected chi connectivity index (χ4v) is 3.05. The third-order valence-corrected chi connectivity index (χ3v) is 4.58. The molecule has 1 unspecified atom stereocenters. The summed E-state index contributed by atoms with van der Waals surface area (Å²) in [6.45, 7) is 10.1. The van der Waals surface area contributed by atoms with Crippen LogP contribution >= 0.6 is 0 Å². The molecular weight excluding hydrogens is 394 g/mol. The first kappa shape index (κ1) is 24.3. The highest BCUT2D eigenvalue weighted by Gasteiger charge is 2.19. The summed E-state index contributed by atoms with van der Waals surface area (Å²) in [5.74, 6) is 0.0761. The van der Waals surface area contributed by atoms with Gasteiger partial charge in [0.1, 0.15) is 18.0 Å². The van der Waals surface area contributed by atoms with Gasteiger partial charge in [-0.25, -0.2) is 9.97 Å². The lowest BCUT2D eigenvalue weighted by atomic mass is 9.97. The van der Waals surface area contributed by atoms with Crippen LogP contribution < -0.4 is 0 Å². The van der Waals surface area contributed by atoms with E-state index in [2.05, 4.69) is 18.8 Å². The molecule has 0 spiro atoms. The summed E-state index contributed by atoms with van der Waals surface area (Å²) in [5.41, 5.74) is 3.31. The highest BCUT2D eigenvalue weighted by Crippen LogP contribution is 2.30. The number of esters is 1. The van der Waals surface area contributed by atoms with Gasteiger partial charge in [0.05, 0.1) is 24.1 Å². The monoisotopic (exact) mass is 425 g/mol. The van der Waals surface area contributed by atoms with Crippen LogP contribution in [0.3, 0.4) is 0 Å². The Morgan fingerprint density at radius 3 is 2.35 bits per heavy atom. The average molecular weight is 426 g/mol. The minimum atomic E-state index is -1.03. The molecule has 1 atom stereocenters. The predicted molar refractivity (Wildman–Crippen MR) is 119 cm³/mol. The van der Waals surface area contributed by atoms with E-state index in [1.807, 2.05) is 26.0 Å². The van der Waals surface area contributed by atoms with Crippen LogP contribution in [0.4, 0.5) is 0 Å². The van der Waals surface area contributed by atoms with Crippen molar-refractivity contribution in [2.24, 2.45) is 0 Å². The molecule has 0 aliphatic carbocycles. The molecule has 7 nitrogen and oxygen atoms in total. The van der Waals surface area contributed by atoms with Gasteiger partial charge in [-0.15, -0.1) is 0 Å². The van der Waals surface area contributed by atoms with Gasteiger partial charge in [-0.2, -0.15) is 0 Å². The smallest absolute Gasteiger partial charge is 0.313 e. The molecule has 2 heterocycles. The van der Waals surface area contributed by atoms with Crippen molar-refractivity contribution < 1.29 is 19.4 Å². The molecule has 166 valence electrons. The number of ketones is 1. The van der Waals surface area contributed by atoms with E-state index in [1.165, 1.54) is 0 Å². The Morgan fingerprint density at radius 1 is 1.10 bits per heavy atom. The third kappa shape index (κ3) is 7.07. The molecule has 31 heavy (non-hydrogen) atoms. The number of aromatic nitrogens is 3. The Labute approximate surface area is 183 Å². The van der Waals surface area contributed by atoms with E-state index in [0.717, 1.165) is 28.3 Å². The normalized spacial score (nSPS) is 12.5. The Balaban J connectivity index is 2.37. The highest BCUT2D eigenvalue weighted by molar-refractivity contribution is 5.95. The number of Topliss-reactive ketones (excluding diaryl/α,β-unsaturated/α-hetero) is 1. The Morgan fingerprint density at radius 2 is 1.77 bits per heavy atom. The van der Waals surface area contributed by atoms with Crippen molar-refractivity contribution in [2.75, 3.05) is 6.61 Å². The molecule has 7 heteroatoms. The van der Waals surface area contributed by atoms with Gasteiger partial charge in [-0.3, -0.25) is 14.6 Å². The average Bonchev–Trinajstić information content (AvgIpc) is 2.72. The van der Waals surface area contributed by atoms with Crippen molar-refractivity contribution in [2.45, 2.75) is 65.4 Å². The number of hydrogen-bond donors (Lipinski definition) is 1. The van der Waals surface area contributed by atoms with E-state index in [0.29, 0.717) is 0 Å². The first-order chi connectivity index (χ1) is 14.7. The molecule has 0 fully saturated rings. The van der Waals surface area contributed by atoms with Gasteiger partial charge in [-0.1, -0.05) is 39.8 Å². The summed E-state index contributed by atoms with van der Waals surface area (Å²) in [5, 5.41) is 10.3. The van der Waals surface area contributed by atoms with Crippen LogP contribution in [0.1, 0.15) is 76.4 Å². The predicted octanol–water partition coefficient (Wildman–Crippen LogP) is 4.07. The first-order valence-corrected chi connectivity index (χ1v) is 10.6. The molecular formula is C24H31N3O4. The summed E-state index contributed by atoms with van der Waals surface area (Å²) >= 11 is 0. The van der Waals surface area contributed by atoms with Crippen molar-refractivity contribution in [1.29, 1.82) is 0 Å². The van der Waals surface area contributed by atoms with Crippen LogP contribution in [0, 0.1) is 0 Å². The number of carbonyl (C=O) groups is 2. The molecule has 0 saturated carbocycles. The van der Waals surface area contributed by atoms with E-state index in [-0.39, 0.29) is 37.1 Å². The second-order valence-electron chi connectivity index (χ2n) is 7.93. The SMILES string of the molecule is CCOC(=O)CC(=O)CC(O)/C=C/c1c(-c2ccncc2)nc(C(C)C)nc1C(C)C. The van der Waals surface area contributed by atoms with E-state index in [1.54, 1.807) is 31.5 Å².